The molecule has 1 aromatic carbocycles. The van der Waals surface area contributed by atoms with Gasteiger partial charge in [0.05, 0.1) is 29.3 Å². The number of aryl methyl sites for hydroxylation is 2. The SMILES string of the molecule is Cc1cc(C)n(-c2ncc(NC(=O)c3cccc4c3OCCO4)cn2)n1. The summed E-state index contributed by atoms with van der Waals surface area (Å²) >= 11 is 0. The van der Waals surface area contributed by atoms with Gasteiger partial charge in [0.1, 0.15) is 13.2 Å². The molecular weight excluding hydrogens is 334 g/mol. The van der Waals surface area contributed by atoms with Crippen LogP contribution >= 0.6 is 0 Å². The number of nitrogens with zero attached hydrogens (tertiary/aromatic N) is 4. The molecule has 8 heteroatoms. The molecule has 0 aliphatic carbocycles. The maximum absolute atomic E-state index is 12.6. The van der Waals surface area contributed by atoms with E-state index in [0.29, 0.717) is 41.9 Å². The number of amides is 1. The van der Waals surface area contributed by atoms with Gasteiger partial charge < -0.3 is 14.8 Å². The number of carbonyl (C=O) groups is 1. The van der Waals surface area contributed by atoms with Gasteiger partial charge in [-0.3, -0.25) is 4.79 Å². The van der Waals surface area contributed by atoms with Crippen molar-refractivity contribution in [2.24, 2.45) is 0 Å². The van der Waals surface area contributed by atoms with Crippen LogP contribution in [-0.2, 0) is 0 Å². The summed E-state index contributed by atoms with van der Waals surface area (Å²) in [4.78, 5) is 21.1. The highest BCUT2D eigenvalue weighted by atomic mass is 16.6. The fourth-order valence-corrected chi connectivity index (χ4v) is 2.78. The maximum Gasteiger partial charge on any atom is 0.259 e. The molecule has 2 aromatic heterocycles. The van der Waals surface area contributed by atoms with E-state index in [1.807, 2.05) is 19.9 Å². The highest BCUT2D eigenvalue weighted by Crippen LogP contribution is 2.33. The Kier molecular flexibility index (Phi) is 4.00. The minimum Gasteiger partial charge on any atom is -0.486 e. The van der Waals surface area contributed by atoms with Gasteiger partial charge in [0, 0.05) is 5.69 Å². The summed E-state index contributed by atoms with van der Waals surface area (Å²) in [6.07, 6.45) is 3.09. The van der Waals surface area contributed by atoms with Crippen molar-refractivity contribution in [1.82, 2.24) is 19.7 Å². The highest BCUT2D eigenvalue weighted by Gasteiger charge is 2.20. The first-order chi connectivity index (χ1) is 12.6. The van der Waals surface area contributed by atoms with Crippen molar-refractivity contribution in [3.63, 3.8) is 0 Å². The zero-order chi connectivity index (χ0) is 18.1. The number of anilines is 1. The highest BCUT2D eigenvalue weighted by molar-refractivity contribution is 6.06. The molecule has 1 N–H and O–H groups in total. The second-order valence-electron chi connectivity index (χ2n) is 5.89. The van der Waals surface area contributed by atoms with E-state index < -0.39 is 0 Å². The molecule has 0 atom stereocenters. The number of ether oxygens (including phenoxy) is 2. The zero-order valence-electron chi connectivity index (χ0n) is 14.4. The molecule has 3 aromatic rings. The predicted octanol–water partition coefficient (Wildman–Crippen LogP) is 2.30. The van der Waals surface area contributed by atoms with E-state index in [4.69, 9.17) is 9.47 Å². The molecule has 0 spiro atoms. The van der Waals surface area contributed by atoms with E-state index in [1.165, 1.54) is 0 Å². The normalized spacial score (nSPS) is 12.7. The third-order valence-electron chi connectivity index (χ3n) is 3.91. The van der Waals surface area contributed by atoms with Crippen molar-refractivity contribution in [3.8, 4) is 17.4 Å². The zero-order valence-corrected chi connectivity index (χ0v) is 14.4. The monoisotopic (exact) mass is 351 g/mol. The predicted molar refractivity (Wildman–Crippen MR) is 94.0 cm³/mol. The van der Waals surface area contributed by atoms with Crippen LogP contribution in [-0.4, -0.2) is 38.9 Å². The smallest absolute Gasteiger partial charge is 0.259 e. The van der Waals surface area contributed by atoms with Gasteiger partial charge in [0.2, 0.25) is 0 Å². The topological polar surface area (TPSA) is 91.2 Å². The van der Waals surface area contributed by atoms with Crippen LogP contribution in [0.2, 0.25) is 0 Å². The van der Waals surface area contributed by atoms with Crippen LogP contribution in [0.15, 0.2) is 36.7 Å². The number of benzene rings is 1. The third-order valence-corrected chi connectivity index (χ3v) is 3.91. The third kappa shape index (κ3) is 2.97. The number of carbonyl (C=O) groups excluding carboxylic acids is 1. The number of nitrogens with one attached hydrogen (secondary N) is 1. The van der Waals surface area contributed by atoms with Crippen LogP contribution in [0.5, 0.6) is 11.5 Å². The van der Waals surface area contributed by atoms with Crippen molar-refractivity contribution in [2.75, 3.05) is 18.5 Å². The van der Waals surface area contributed by atoms with Crippen molar-refractivity contribution in [2.45, 2.75) is 13.8 Å². The summed E-state index contributed by atoms with van der Waals surface area (Å²) in [6.45, 7) is 4.72. The summed E-state index contributed by atoms with van der Waals surface area (Å²) in [6, 6.07) is 7.16. The summed E-state index contributed by atoms with van der Waals surface area (Å²) in [5.74, 6) is 1.16. The Labute approximate surface area is 149 Å². The van der Waals surface area contributed by atoms with Gasteiger partial charge in [-0.2, -0.15) is 5.10 Å². The largest absolute Gasteiger partial charge is 0.486 e. The Morgan fingerprint density at radius 1 is 1.15 bits per heavy atom. The first-order valence-corrected chi connectivity index (χ1v) is 8.17. The molecule has 1 aliphatic rings. The number of aromatic nitrogens is 4. The summed E-state index contributed by atoms with van der Waals surface area (Å²) < 4.78 is 12.7. The second-order valence-corrected chi connectivity index (χ2v) is 5.89. The van der Waals surface area contributed by atoms with E-state index in [-0.39, 0.29) is 5.91 Å². The number of rotatable bonds is 3. The van der Waals surface area contributed by atoms with E-state index in [2.05, 4.69) is 20.4 Å². The number of para-hydroxylation sites is 1. The van der Waals surface area contributed by atoms with E-state index in [0.717, 1.165) is 11.4 Å². The van der Waals surface area contributed by atoms with E-state index in [9.17, 15) is 4.79 Å². The van der Waals surface area contributed by atoms with Crippen molar-refractivity contribution in [3.05, 3.63) is 53.6 Å². The Bertz CT molecular complexity index is 965. The van der Waals surface area contributed by atoms with Crippen molar-refractivity contribution < 1.29 is 14.3 Å². The summed E-state index contributed by atoms with van der Waals surface area (Å²) in [7, 11) is 0. The molecule has 3 heterocycles. The van der Waals surface area contributed by atoms with E-state index in [1.54, 1.807) is 35.3 Å². The number of fused-ring (bicyclic) bond motifs is 1. The Balaban J connectivity index is 1.55. The van der Waals surface area contributed by atoms with Crippen LogP contribution in [0.25, 0.3) is 5.95 Å². The molecule has 0 bridgehead atoms. The molecule has 0 fully saturated rings. The fourth-order valence-electron chi connectivity index (χ4n) is 2.78. The average molecular weight is 351 g/mol. The van der Waals surface area contributed by atoms with Crippen molar-refractivity contribution >= 4 is 11.6 Å². The van der Waals surface area contributed by atoms with Crippen molar-refractivity contribution in [1.29, 1.82) is 0 Å². The molecule has 132 valence electrons. The van der Waals surface area contributed by atoms with Gasteiger partial charge in [-0.05, 0) is 32.0 Å². The van der Waals surface area contributed by atoms with Crippen LogP contribution in [0, 0.1) is 13.8 Å². The fraction of sp³-hybridized carbons (Fsp3) is 0.222. The maximum atomic E-state index is 12.6. The Morgan fingerprint density at radius 2 is 1.92 bits per heavy atom. The Hall–Kier alpha value is -3.42. The Morgan fingerprint density at radius 3 is 2.65 bits per heavy atom. The standard InChI is InChI=1S/C18H17N5O3/c1-11-8-12(2)23(22-11)18-19-9-13(10-20-18)21-17(24)14-4-3-5-15-16(14)26-7-6-25-15/h3-5,8-10H,6-7H2,1-2H3,(H,21,24). The van der Waals surface area contributed by atoms with Gasteiger partial charge in [-0.25, -0.2) is 14.6 Å². The van der Waals surface area contributed by atoms with Gasteiger partial charge >= 0.3 is 0 Å². The molecular formula is C18H17N5O3. The number of hydrogen-bond donors (Lipinski definition) is 1. The average Bonchev–Trinajstić information content (AvgIpc) is 3.00. The minimum absolute atomic E-state index is 0.310. The molecule has 4 rings (SSSR count). The van der Waals surface area contributed by atoms with Gasteiger partial charge in [-0.1, -0.05) is 6.07 Å². The molecule has 1 amide bonds. The molecule has 0 unspecified atom stereocenters. The molecule has 0 saturated heterocycles. The molecule has 1 aliphatic heterocycles. The lowest BCUT2D eigenvalue weighted by atomic mass is 10.1. The lowest BCUT2D eigenvalue weighted by molar-refractivity contribution is 0.101. The van der Waals surface area contributed by atoms with Gasteiger partial charge in [0.15, 0.2) is 11.5 Å². The lowest BCUT2D eigenvalue weighted by Gasteiger charge is -2.20. The number of hydrogen-bond acceptors (Lipinski definition) is 6. The van der Waals surface area contributed by atoms with E-state index >= 15 is 0 Å². The first-order valence-electron chi connectivity index (χ1n) is 8.17. The minimum atomic E-state index is -0.310. The molecule has 8 nitrogen and oxygen atoms in total. The van der Waals surface area contributed by atoms with Gasteiger partial charge in [0.25, 0.3) is 11.9 Å². The second kappa shape index (κ2) is 6.47. The molecule has 0 saturated carbocycles. The molecule has 26 heavy (non-hydrogen) atoms. The molecule has 0 radical (unpaired) electrons. The first kappa shape index (κ1) is 16.1. The quantitative estimate of drug-likeness (QED) is 0.779. The van der Waals surface area contributed by atoms with Crippen LogP contribution < -0.4 is 14.8 Å². The van der Waals surface area contributed by atoms with Crippen LogP contribution in [0.4, 0.5) is 5.69 Å². The van der Waals surface area contributed by atoms with Crippen LogP contribution in [0.3, 0.4) is 0 Å². The van der Waals surface area contributed by atoms with Crippen LogP contribution in [0.1, 0.15) is 21.7 Å². The van der Waals surface area contributed by atoms with Gasteiger partial charge in [-0.15, -0.1) is 0 Å². The summed E-state index contributed by atoms with van der Waals surface area (Å²) in [5, 5.41) is 7.12. The lowest BCUT2D eigenvalue weighted by Crippen LogP contribution is -2.20. The summed E-state index contributed by atoms with van der Waals surface area (Å²) in [5.41, 5.74) is 2.71.